The number of aryl methyl sites for hydroxylation is 2. The highest BCUT2D eigenvalue weighted by molar-refractivity contribution is 7.88. The van der Waals surface area contributed by atoms with Crippen LogP contribution in [0, 0.1) is 27.7 Å². The summed E-state index contributed by atoms with van der Waals surface area (Å²) in [5, 5.41) is 10.2. The van der Waals surface area contributed by atoms with E-state index in [2.05, 4.69) is 10.8 Å². The monoisotopic (exact) mass is 271 g/mol. The number of sulfonamides is 1. The van der Waals surface area contributed by atoms with Crippen molar-refractivity contribution in [2.45, 2.75) is 33.8 Å². The predicted octanol–water partition coefficient (Wildman–Crippen LogP) is 1.50. The van der Waals surface area contributed by atoms with Crippen LogP contribution in [-0.2, 0) is 10.0 Å². The molecule has 0 bridgehead atoms. The second-order valence-electron chi connectivity index (χ2n) is 4.81. The summed E-state index contributed by atoms with van der Waals surface area (Å²) in [5.74, 6) is 0. The predicted molar refractivity (Wildman–Crippen MR) is 73.2 cm³/mol. The van der Waals surface area contributed by atoms with E-state index in [0.717, 1.165) is 34.1 Å². The highest BCUT2D eigenvalue weighted by Crippen LogP contribution is 2.27. The Labute approximate surface area is 109 Å². The first-order chi connectivity index (χ1) is 8.13. The van der Waals surface area contributed by atoms with Gasteiger partial charge in [-0.05, 0) is 55.5 Å². The zero-order valence-corrected chi connectivity index (χ0v) is 12.4. The summed E-state index contributed by atoms with van der Waals surface area (Å²) >= 11 is 0. The van der Waals surface area contributed by atoms with Crippen LogP contribution in [0.25, 0.3) is 0 Å². The van der Waals surface area contributed by atoms with Crippen molar-refractivity contribution in [3.05, 3.63) is 33.9 Å². The molecule has 18 heavy (non-hydrogen) atoms. The van der Waals surface area contributed by atoms with Gasteiger partial charge in [-0.3, -0.25) is 0 Å². The summed E-state index contributed by atoms with van der Waals surface area (Å²) in [4.78, 5) is 0. The highest BCUT2D eigenvalue weighted by atomic mass is 32.2. The van der Waals surface area contributed by atoms with Crippen molar-refractivity contribution in [3.63, 3.8) is 0 Å². The van der Waals surface area contributed by atoms with Crippen LogP contribution in [0.3, 0.4) is 0 Å². The van der Waals surface area contributed by atoms with Crippen LogP contribution in [0.4, 0.5) is 0 Å². The maximum Gasteiger partial charge on any atom is 0.208 e. The summed E-state index contributed by atoms with van der Waals surface area (Å²) in [6, 6.07) is 2.07. The molecule has 1 rings (SSSR count). The molecule has 0 radical (unpaired) electrons. The number of hydrogen-bond acceptors (Lipinski definition) is 3. The van der Waals surface area contributed by atoms with Crippen LogP contribution in [0.2, 0.25) is 0 Å². The molecule has 0 aliphatic rings. The van der Waals surface area contributed by atoms with E-state index < -0.39 is 16.1 Å². The second kappa shape index (κ2) is 5.38. The Bertz CT molecular complexity index is 524. The van der Waals surface area contributed by atoms with Gasteiger partial charge in [0.1, 0.15) is 0 Å². The van der Waals surface area contributed by atoms with Crippen molar-refractivity contribution in [3.8, 4) is 0 Å². The van der Waals surface area contributed by atoms with Crippen molar-refractivity contribution in [2.24, 2.45) is 0 Å². The quantitative estimate of drug-likeness (QED) is 0.872. The Morgan fingerprint density at radius 1 is 1.17 bits per heavy atom. The van der Waals surface area contributed by atoms with Gasteiger partial charge in [-0.1, -0.05) is 6.07 Å². The van der Waals surface area contributed by atoms with E-state index in [0.29, 0.717) is 0 Å². The van der Waals surface area contributed by atoms with Crippen LogP contribution in [-0.4, -0.2) is 26.3 Å². The molecule has 5 heteroatoms. The average Bonchev–Trinajstić information content (AvgIpc) is 2.23. The molecule has 0 aliphatic carbocycles. The summed E-state index contributed by atoms with van der Waals surface area (Å²) in [6.45, 7) is 7.87. The molecule has 2 N–H and O–H groups in total. The first-order valence-electron chi connectivity index (χ1n) is 5.83. The largest absolute Gasteiger partial charge is 0.387 e. The summed E-state index contributed by atoms with van der Waals surface area (Å²) in [7, 11) is -3.28. The Kier molecular flexibility index (Phi) is 4.53. The smallest absolute Gasteiger partial charge is 0.208 e. The Hall–Kier alpha value is -0.910. The summed E-state index contributed by atoms with van der Waals surface area (Å²) < 4.78 is 24.4. The third kappa shape index (κ3) is 3.54. The van der Waals surface area contributed by atoms with Gasteiger partial charge < -0.3 is 5.11 Å². The maximum absolute atomic E-state index is 11.0. The normalized spacial score (nSPS) is 13.7. The minimum atomic E-state index is -3.28. The minimum Gasteiger partial charge on any atom is -0.387 e. The molecule has 0 fully saturated rings. The van der Waals surface area contributed by atoms with Gasteiger partial charge in [0.15, 0.2) is 0 Å². The third-order valence-electron chi connectivity index (χ3n) is 3.30. The topological polar surface area (TPSA) is 66.4 Å². The van der Waals surface area contributed by atoms with Gasteiger partial charge >= 0.3 is 0 Å². The molecule has 0 heterocycles. The summed E-state index contributed by atoms with van der Waals surface area (Å²) in [5.41, 5.74) is 5.06. The standard InChI is InChI=1S/C13H21NO3S/c1-8-6-9(2)11(4)13(10(8)3)12(15)7-14-18(5,16)17/h6,12,14-15H,7H2,1-5H3. The van der Waals surface area contributed by atoms with Crippen LogP contribution in [0.15, 0.2) is 6.07 Å². The average molecular weight is 271 g/mol. The minimum absolute atomic E-state index is 0.00338. The molecule has 0 amide bonds. The van der Waals surface area contributed by atoms with Crippen molar-refractivity contribution in [2.75, 3.05) is 12.8 Å². The number of benzene rings is 1. The Morgan fingerprint density at radius 3 is 2.00 bits per heavy atom. The van der Waals surface area contributed by atoms with Gasteiger partial charge in [0.25, 0.3) is 0 Å². The van der Waals surface area contributed by atoms with Crippen LogP contribution in [0.1, 0.15) is 33.9 Å². The third-order valence-corrected chi connectivity index (χ3v) is 3.99. The van der Waals surface area contributed by atoms with Gasteiger partial charge in [-0.15, -0.1) is 0 Å². The molecular formula is C13H21NO3S. The maximum atomic E-state index is 11.0. The molecule has 1 aromatic rings. The fraction of sp³-hybridized carbons (Fsp3) is 0.538. The zero-order valence-electron chi connectivity index (χ0n) is 11.5. The number of hydrogen-bond donors (Lipinski definition) is 2. The molecule has 1 unspecified atom stereocenters. The van der Waals surface area contributed by atoms with Gasteiger partial charge in [0.05, 0.1) is 12.4 Å². The Balaban J connectivity index is 3.09. The lowest BCUT2D eigenvalue weighted by Gasteiger charge is -2.20. The van der Waals surface area contributed by atoms with Gasteiger partial charge in [0.2, 0.25) is 10.0 Å². The first kappa shape index (κ1) is 15.1. The van der Waals surface area contributed by atoms with E-state index in [9.17, 15) is 13.5 Å². The lowest BCUT2D eigenvalue weighted by atomic mass is 9.91. The van der Waals surface area contributed by atoms with Gasteiger partial charge in [-0.25, -0.2) is 13.1 Å². The number of nitrogens with one attached hydrogen (secondary N) is 1. The van der Waals surface area contributed by atoms with E-state index in [1.54, 1.807) is 0 Å². The van der Waals surface area contributed by atoms with Crippen molar-refractivity contribution >= 4 is 10.0 Å². The fourth-order valence-corrected chi connectivity index (χ4v) is 2.54. The molecule has 0 aromatic heterocycles. The van der Waals surface area contributed by atoms with Gasteiger partial charge in [-0.2, -0.15) is 0 Å². The van der Waals surface area contributed by atoms with E-state index in [1.165, 1.54) is 0 Å². The number of aliphatic hydroxyl groups is 1. The molecular weight excluding hydrogens is 250 g/mol. The molecule has 0 spiro atoms. The molecule has 0 saturated heterocycles. The van der Waals surface area contributed by atoms with Crippen molar-refractivity contribution in [1.82, 2.24) is 4.72 Å². The zero-order chi connectivity index (χ0) is 14.1. The van der Waals surface area contributed by atoms with Crippen LogP contribution in [0.5, 0.6) is 0 Å². The lowest BCUT2D eigenvalue weighted by Crippen LogP contribution is -2.28. The Morgan fingerprint density at radius 2 is 1.61 bits per heavy atom. The molecule has 102 valence electrons. The van der Waals surface area contributed by atoms with E-state index in [1.807, 2.05) is 27.7 Å². The van der Waals surface area contributed by atoms with Gasteiger partial charge in [0, 0.05) is 6.54 Å². The lowest BCUT2D eigenvalue weighted by molar-refractivity contribution is 0.180. The first-order valence-corrected chi connectivity index (χ1v) is 7.72. The van der Waals surface area contributed by atoms with Crippen LogP contribution < -0.4 is 4.72 Å². The SMILES string of the molecule is Cc1cc(C)c(C)c(C(O)CNS(C)(=O)=O)c1C. The van der Waals surface area contributed by atoms with Crippen molar-refractivity contribution in [1.29, 1.82) is 0 Å². The van der Waals surface area contributed by atoms with E-state index in [-0.39, 0.29) is 6.54 Å². The summed E-state index contributed by atoms with van der Waals surface area (Å²) in [6.07, 6.45) is 0.263. The number of aliphatic hydroxyl groups excluding tert-OH is 1. The molecule has 1 atom stereocenters. The number of rotatable bonds is 4. The molecule has 1 aromatic carbocycles. The second-order valence-corrected chi connectivity index (χ2v) is 6.64. The van der Waals surface area contributed by atoms with Crippen LogP contribution >= 0.6 is 0 Å². The molecule has 4 nitrogen and oxygen atoms in total. The van der Waals surface area contributed by atoms with E-state index >= 15 is 0 Å². The highest BCUT2D eigenvalue weighted by Gasteiger charge is 2.17. The molecule has 0 aliphatic heterocycles. The van der Waals surface area contributed by atoms with E-state index in [4.69, 9.17) is 0 Å². The fourth-order valence-electron chi connectivity index (χ4n) is 2.08. The van der Waals surface area contributed by atoms with Crippen molar-refractivity contribution < 1.29 is 13.5 Å². The molecule has 0 saturated carbocycles.